The van der Waals surface area contributed by atoms with Gasteiger partial charge in [-0.2, -0.15) is 0 Å². The average Bonchev–Trinajstić information content (AvgIpc) is 2.67. The van der Waals surface area contributed by atoms with Crippen molar-refractivity contribution in [1.29, 1.82) is 0 Å². The number of sulfonamides is 1. The molecule has 2 aromatic rings. The molecule has 0 aliphatic rings. The maximum atomic E-state index is 12.2. The SMILES string of the molecule is CCCCNS(=O)(=O)c1ccc(OCC(=O)N(C)Cc2ccccc2)cc1. The van der Waals surface area contributed by atoms with Gasteiger partial charge in [-0.3, -0.25) is 4.79 Å². The monoisotopic (exact) mass is 390 g/mol. The van der Waals surface area contributed by atoms with E-state index in [2.05, 4.69) is 4.72 Å². The van der Waals surface area contributed by atoms with Gasteiger partial charge in [0, 0.05) is 20.1 Å². The predicted molar refractivity (Wildman–Crippen MR) is 105 cm³/mol. The summed E-state index contributed by atoms with van der Waals surface area (Å²) in [6, 6.07) is 15.8. The Morgan fingerprint density at radius 3 is 2.37 bits per heavy atom. The lowest BCUT2D eigenvalue weighted by Gasteiger charge is -2.17. The number of nitrogens with one attached hydrogen (secondary N) is 1. The summed E-state index contributed by atoms with van der Waals surface area (Å²) in [6.07, 6.45) is 1.71. The van der Waals surface area contributed by atoms with Gasteiger partial charge < -0.3 is 9.64 Å². The fraction of sp³-hybridized carbons (Fsp3) is 0.350. The maximum Gasteiger partial charge on any atom is 0.260 e. The molecule has 27 heavy (non-hydrogen) atoms. The molecule has 2 rings (SSSR count). The lowest BCUT2D eigenvalue weighted by atomic mass is 10.2. The van der Waals surface area contributed by atoms with Gasteiger partial charge in [0.2, 0.25) is 10.0 Å². The lowest BCUT2D eigenvalue weighted by molar-refractivity contribution is -0.132. The molecule has 0 saturated carbocycles. The molecule has 0 aromatic heterocycles. The maximum absolute atomic E-state index is 12.2. The van der Waals surface area contributed by atoms with Gasteiger partial charge >= 0.3 is 0 Å². The summed E-state index contributed by atoms with van der Waals surface area (Å²) in [4.78, 5) is 14.0. The topological polar surface area (TPSA) is 75.7 Å². The second-order valence-corrected chi connectivity index (χ2v) is 8.01. The summed E-state index contributed by atoms with van der Waals surface area (Å²) in [6.45, 7) is 2.81. The third-order valence-electron chi connectivity index (χ3n) is 4.01. The predicted octanol–water partition coefficient (Wildman–Crippen LogP) is 2.80. The zero-order chi connectivity index (χ0) is 19.7. The van der Waals surface area contributed by atoms with Crippen LogP contribution in [0.15, 0.2) is 59.5 Å². The minimum Gasteiger partial charge on any atom is -0.484 e. The van der Waals surface area contributed by atoms with Gasteiger partial charge in [0.1, 0.15) is 5.75 Å². The number of carbonyl (C=O) groups is 1. The van der Waals surface area contributed by atoms with Crippen molar-refractivity contribution in [3.63, 3.8) is 0 Å². The van der Waals surface area contributed by atoms with Gasteiger partial charge in [-0.25, -0.2) is 13.1 Å². The van der Waals surface area contributed by atoms with Crippen molar-refractivity contribution in [2.24, 2.45) is 0 Å². The van der Waals surface area contributed by atoms with E-state index in [0.29, 0.717) is 18.8 Å². The first kappa shape index (κ1) is 20.9. The number of hydrogen-bond acceptors (Lipinski definition) is 4. The number of hydrogen-bond donors (Lipinski definition) is 1. The van der Waals surface area contributed by atoms with E-state index in [1.54, 1.807) is 24.1 Å². The van der Waals surface area contributed by atoms with Gasteiger partial charge in [0.25, 0.3) is 5.91 Å². The molecule has 0 saturated heterocycles. The van der Waals surface area contributed by atoms with E-state index in [-0.39, 0.29) is 17.4 Å². The van der Waals surface area contributed by atoms with E-state index in [4.69, 9.17) is 4.74 Å². The molecule has 0 spiro atoms. The Bertz CT molecular complexity index is 821. The highest BCUT2D eigenvalue weighted by Gasteiger charge is 2.14. The van der Waals surface area contributed by atoms with Gasteiger partial charge in [0.05, 0.1) is 4.90 Å². The number of nitrogens with zero attached hydrogens (tertiary/aromatic N) is 1. The molecule has 1 N–H and O–H groups in total. The Balaban J connectivity index is 1.86. The number of rotatable bonds is 10. The van der Waals surface area contributed by atoms with Crippen molar-refractivity contribution in [1.82, 2.24) is 9.62 Å². The summed E-state index contributed by atoms with van der Waals surface area (Å²) in [5.74, 6) is 0.292. The number of benzene rings is 2. The quantitative estimate of drug-likeness (QED) is 0.633. The van der Waals surface area contributed by atoms with Crippen LogP contribution >= 0.6 is 0 Å². The zero-order valence-corrected chi connectivity index (χ0v) is 16.5. The van der Waals surface area contributed by atoms with E-state index >= 15 is 0 Å². The standard InChI is InChI=1S/C20H26N2O4S/c1-3-4-14-21-27(24,25)19-12-10-18(11-13-19)26-16-20(23)22(2)15-17-8-6-5-7-9-17/h5-13,21H,3-4,14-16H2,1-2H3. The average molecular weight is 391 g/mol. The Labute approximate surface area is 161 Å². The lowest BCUT2D eigenvalue weighted by Crippen LogP contribution is -2.30. The highest BCUT2D eigenvalue weighted by Crippen LogP contribution is 2.16. The van der Waals surface area contributed by atoms with Crippen LogP contribution in [0.4, 0.5) is 0 Å². The molecule has 0 heterocycles. The molecule has 0 atom stereocenters. The molecule has 0 bridgehead atoms. The van der Waals surface area contributed by atoms with E-state index < -0.39 is 10.0 Å². The molecule has 2 aromatic carbocycles. The summed E-state index contributed by atoms with van der Waals surface area (Å²) in [5.41, 5.74) is 1.04. The molecule has 0 unspecified atom stereocenters. The Morgan fingerprint density at radius 1 is 1.07 bits per heavy atom. The second kappa shape index (κ2) is 10.1. The second-order valence-electron chi connectivity index (χ2n) is 6.25. The van der Waals surface area contributed by atoms with Gasteiger partial charge in [-0.15, -0.1) is 0 Å². The van der Waals surface area contributed by atoms with Crippen molar-refractivity contribution in [2.75, 3.05) is 20.2 Å². The molecule has 7 heteroatoms. The summed E-state index contributed by atoms with van der Waals surface area (Å²) >= 11 is 0. The number of carbonyl (C=O) groups excluding carboxylic acids is 1. The van der Waals surface area contributed by atoms with E-state index in [1.807, 2.05) is 37.3 Å². The molecule has 146 valence electrons. The van der Waals surface area contributed by atoms with Crippen molar-refractivity contribution in [2.45, 2.75) is 31.2 Å². The largest absolute Gasteiger partial charge is 0.484 e. The van der Waals surface area contributed by atoms with E-state index in [1.165, 1.54) is 12.1 Å². The van der Waals surface area contributed by atoms with Crippen LogP contribution in [0.1, 0.15) is 25.3 Å². The fourth-order valence-electron chi connectivity index (χ4n) is 2.38. The third kappa shape index (κ3) is 6.69. The Kier molecular flexibility index (Phi) is 7.82. The third-order valence-corrected chi connectivity index (χ3v) is 5.48. The molecule has 0 radical (unpaired) electrons. The molecule has 0 fully saturated rings. The highest BCUT2D eigenvalue weighted by molar-refractivity contribution is 7.89. The molecule has 6 nitrogen and oxygen atoms in total. The first-order valence-electron chi connectivity index (χ1n) is 8.93. The minimum absolute atomic E-state index is 0.107. The summed E-state index contributed by atoms with van der Waals surface area (Å²) < 4.78 is 32.3. The highest BCUT2D eigenvalue weighted by atomic mass is 32.2. The van der Waals surface area contributed by atoms with Gasteiger partial charge in [0.15, 0.2) is 6.61 Å². The van der Waals surface area contributed by atoms with E-state index in [0.717, 1.165) is 18.4 Å². The van der Waals surface area contributed by atoms with Crippen LogP contribution in [-0.2, 0) is 21.4 Å². The summed E-state index contributed by atoms with van der Waals surface area (Å²) in [7, 11) is -1.79. The van der Waals surface area contributed by atoms with Crippen molar-refractivity contribution < 1.29 is 17.9 Å². The number of amides is 1. The summed E-state index contributed by atoms with van der Waals surface area (Å²) in [5, 5.41) is 0. The van der Waals surface area contributed by atoms with Crippen LogP contribution in [0.25, 0.3) is 0 Å². The Morgan fingerprint density at radius 2 is 1.74 bits per heavy atom. The minimum atomic E-state index is -3.51. The number of likely N-dealkylation sites (N-methyl/N-ethyl adjacent to an activating group) is 1. The van der Waals surface area contributed by atoms with Crippen molar-refractivity contribution in [3.8, 4) is 5.75 Å². The van der Waals surface area contributed by atoms with Crippen LogP contribution in [0.3, 0.4) is 0 Å². The first-order chi connectivity index (χ1) is 12.9. The molecule has 0 aliphatic carbocycles. The molecular weight excluding hydrogens is 364 g/mol. The van der Waals surface area contributed by atoms with Crippen LogP contribution in [0, 0.1) is 0 Å². The van der Waals surface area contributed by atoms with Gasteiger partial charge in [-0.05, 0) is 36.2 Å². The van der Waals surface area contributed by atoms with Crippen LogP contribution in [-0.4, -0.2) is 39.4 Å². The molecular formula is C20H26N2O4S. The first-order valence-corrected chi connectivity index (χ1v) is 10.4. The molecule has 0 aliphatic heterocycles. The van der Waals surface area contributed by atoms with Crippen LogP contribution in [0.2, 0.25) is 0 Å². The molecule has 1 amide bonds. The van der Waals surface area contributed by atoms with E-state index in [9.17, 15) is 13.2 Å². The van der Waals surface area contributed by atoms with Gasteiger partial charge in [-0.1, -0.05) is 43.7 Å². The van der Waals surface area contributed by atoms with Crippen LogP contribution in [0.5, 0.6) is 5.75 Å². The zero-order valence-electron chi connectivity index (χ0n) is 15.7. The number of unbranched alkanes of at least 4 members (excludes halogenated alkanes) is 1. The van der Waals surface area contributed by atoms with Crippen LogP contribution < -0.4 is 9.46 Å². The number of ether oxygens (including phenoxy) is 1. The Hall–Kier alpha value is -2.38. The van der Waals surface area contributed by atoms with Crippen molar-refractivity contribution in [3.05, 3.63) is 60.2 Å². The smallest absolute Gasteiger partial charge is 0.260 e. The normalized spacial score (nSPS) is 11.2. The van der Waals surface area contributed by atoms with Crippen molar-refractivity contribution >= 4 is 15.9 Å². The fourth-order valence-corrected chi connectivity index (χ4v) is 3.46.